The van der Waals surface area contributed by atoms with Crippen molar-refractivity contribution in [3.63, 3.8) is 0 Å². The molecule has 2 rings (SSSR count). The summed E-state index contributed by atoms with van der Waals surface area (Å²) in [7, 11) is 3.48. The highest BCUT2D eigenvalue weighted by Gasteiger charge is 2.01. The van der Waals surface area contributed by atoms with Crippen LogP contribution in [0.3, 0.4) is 0 Å². The van der Waals surface area contributed by atoms with E-state index >= 15 is 0 Å². The quantitative estimate of drug-likeness (QED) is 0.252. The molecular formula is C18H26IN3O2S. The number of ether oxygens (including phenoxy) is 2. The van der Waals surface area contributed by atoms with Gasteiger partial charge in [0.15, 0.2) is 5.96 Å². The predicted octanol–water partition coefficient (Wildman–Crippen LogP) is 3.65. The van der Waals surface area contributed by atoms with Crippen LogP contribution in [-0.2, 0) is 17.8 Å². The molecule has 0 unspecified atom stereocenters. The number of aliphatic imine (C=N–C) groups is 1. The van der Waals surface area contributed by atoms with Gasteiger partial charge in [0.2, 0.25) is 0 Å². The van der Waals surface area contributed by atoms with Gasteiger partial charge in [-0.15, -0.1) is 35.3 Å². The van der Waals surface area contributed by atoms with Crippen molar-refractivity contribution in [2.75, 3.05) is 27.4 Å². The molecule has 0 bridgehead atoms. The molecule has 0 aliphatic carbocycles. The van der Waals surface area contributed by atoms with Crippen molar-refractivity contribution in [2.24, 2.45) is 4.99 Å². The fourth-order valence-corrected chi connectivity index (χ4v) is 2.77. The van der Waals surface area contributed by atoms with Crippen LogP contribution in [0.2, 0.25) is 0 Å². The highest BCUT2D eigenvalue weighted by Crippen LogP contribution is 2.13. The Kier molecular flexibility index (Phi) is 11.3. The highest BCUT2D eigenvalue weighted by molar-refractivity contribution is 14.0. The van der Waals surface area contributed by atoms with Crippen molar-refractivity contribution in [3.8, 4) is 5.75 Å². The van der Waals surface area contributed by atoms with Crippen LogP contribution in [0.5, 0.6) is 5.75 Å². The smallest absolute Gasteiger partial charge is 0.191 e. The largest absolute Gasteiger partial charge is 0.493 e. The first-order valence-corrected chi connectivity index (χ1v) is 8.87. The summed E-state index contributed by atoms with van der Waals surface area (Å²) in [4.78, 5) is 5.53. The Labute approximate surface area is 170 Å². The number of halogens is 1. The summed E-state index contributed by atoms with van der Waals surface area (Å²) >= 11 is 1.73. The molecule has 0 amide bonds. The topological polar surface area (TPSA) is 54.9 Å². The van der Waals surface area contributed by atoms with Gasteiger partial charge in [-0.3, -0.25) is 4.99 Å². The molecule has 0 saturated carbocycles. The Balaban J connectivity index is 0.00000312. The van der Waals surface area contributed by atoms with Crippen molar-refractivity contribution in [3.05, 3.63) is 52.2 Å². The van der Waals surface area contributed by atoms with Gasteiger partial charge in [0.05, 0.1) is 13.2 Å². The summed E-state index contributed by atoms with van der Waals surface area (Å²) in [6.07, 6.45) is 0.887. The summed E-state index contributed by atoms with van der Waals surface area (Å²) in [5, 5.41) is 8.70. The summed E-state index contributed by atoms with van der Waals surface area (Å²) in [5.41, 5.74) is 1.15. The molecule has 138 valence electrons. The Bertz CT molecular complexity index is 621. The van der Waals surface area contributed by atoms with Crippen molar-refractivity contribution in [2.45, 2.75) is 19.5 Å². The first kappa shape index (κ1) is 21.7. The van der Waals surface area contributed by atoms with Gasteiger partial charge in [-0.1, -0.05) is 18.2 Å². The molecule has 0 atom stereocenters. The standard InChI is InChI=1S/C18H25N3O2S.HI/c1-19-18(21-14-17-8-4-11-24-17)20-13-15-6-3-7-16(12-15)23-10-5-9-22-2;/h3-4,6-8,11-12H,5,9-10,13-14H2,1-2H3,(H2,19,20,21);1H. The third-order valence-electron chi connectivity index (χ3n) is 3.35. The molecule has 0 saturated heterocycles. The highest BCUT2D eigenvalue weighted by atomic mass is 127. The molecule has 0 aliphatic rings. The molecule has 0 radical (unpaired) electrons. The maximum Gasteiger partial charge on any atom is 0.191 e. The lowest BCUT2D eigenvalue weighted by Gasteiger charge is -2.12. The maximum absolute atomic E-state index is 5.73. The summed E-state index contributed by atoms with van der Waals surface area (Å²) in [6, 6.07) is 12.3. The second-order valence-corrected chi connectivity index (χ2v) is 6.23. The van der Waals surface area contributed by atoms with E-state index in [0.717, 1.165) is 30.2 Å². The van der Waals surface area contributed by atoms with E-state index in [9.17, 15) is 0 Å². The van der Waals surface area contributed by atoms with Gasteiger partial charge < -0.3 is 20.1 Å². The molecule has 1 heterocycles. The minimum atomic E-state index is 0. The molecule has 0 spiro atoms. The van der Waals surface area contributed by atoms with E-state index in [2.05, 4.69) is 39.2 Å². The number of hydrogen-bond donors (Lipinski definition) is 2. The second kappa shape index (κ2) is 13.0. The van der Waals surface area contributed by atoms with Gasteiger partial charge in [0.25, 0.3) is 0 Å². The van der Waals surface area contributed by atoms with Gasteiger partial charge >= 0.3 is 0 Å². The number of hydrogen-bond acceptors (Lipinski definition) is 4. The van der Waals surface area contributed by atoms with Gasteiger partial charge in [-0.2, -0.15) is 0 Å². The average Bonchev–Trinajstić information content (AvgIpc) is 3.13. The number of guanidine groups is 1. The van der Waals surface area contributed by atoms with Gasteiger partial charge in [0.1, 0.15) is 5.75 Å². The maximum atomic E-state index is 5.73. The monoisotopic (exact) mass is 475 g/mol. The molecule has 5 nitrogen and oxygen atoms in total. The fourth-order valence-electron chi connectivity index (χ4n) is 2.13. The Hall–Kier alpha value is -1.32. The van der Waals surface area contributed by atoms with E-state index in [1.807, 2.05) is 18.2 Å². The fraction of sp³-hybridized carbons (Fsp3) is 0.389. The van der Waals surface area contributed by atoms with Crippen LogP contribution in [-0.4, -0.2) is 33.3 Å². The van der Waals surface area contributed by atoms with Crippen LogP contribution in [0.25, 0.3) is 0 Å². The lowest BCUT2D eigenvalue weighted by Crippen LogP contribution is -2.36. The van der Waals surface area contributed by atoms with Gasteiger partial charge in [0, 0.05) is 38.6 Å². The first-order chi connectivity index (χ1) is 11.8. The van der Waals surface area contributed by atoms with Crippen LogP contribution in [0.4, 0.5) is 0 Å². The van der Waals surface area contributed by atoms with Crippen molar-refractivity contribution < 1.29 is 9.47 Å². The van der Waals surface area contributed by atoms with Crippen molar-refractivity contribution in [1.29, 1.82) is 0 Å². The van der Waals surface area contributed by atoms with Crippen LogP contribution < -0.4 is 15.4 Å². The molecule has 2 aromatic rings. The Morgan fingerprint density at radius 3 is 2.68 bits per heavy atom. The zero-order chi connectivity index (χ0) is 17.0. The molecule has 0 aliphatic heterocycles. The Morgan fingerprint density at radius 2 is 1.96 bits per heavy atom. The number of benzene rings is 1. The average molecular weight is 475 g/mol. The van der Waals surface area contributed by atoms with Crippen molar-refractivity contribution >= 4 is 41.3 Å². The van der Waals surface area contributed by atoms with Crippen LogP contribution in [0, 0.1) is 0 Å². The van der Waals surface area contributed by atoms with E-state index < -0.39 is 0 Å². The predicted molar refractivity (Wildman–Crippen MR) is 115 cm³/mol. The summed E-state index contributed by atoms with van der Waals surface area (Å²) < 4.78 is 10.7. The number of rotatable bonds is 9. The molecule has 1 aromatic heterocycles. The van der Waals surface area contributed by atoms with Gasteiger partial charge in [-0.05, 0) is 29.1 Å². The SMILES string of the molecule is CN=C(NCc1cccc(OCCCOC)c1)NCc1cccs1.I. The van der Waals surface area contributed by atoms with E-state index in [4.69, 9.17) is 9.47 Å². The lowest BCUT2D eigenvalue weighted by molar-refractivity contribution is 0.172. The molecular weight excluding hydrogens is 449 g/mol. The van der Waals surface area contributed by atoms with E-state index in [-0.39, 0.29) is 24.0 Å². The number of nitrogens with one attached hydrogen (secondary N) is 2. The molecule has 25 heavy (non-hydrogen) atoms. The number of thiophene rings is 1. The van der Waals surface area contributed by atoms with E-state index in [0.29, 0.717) is 19.8 Å². The first-order valence-electron chi connectivity index (χ1n) is 7.99. The number of methoxy groups -OCH3 is 1. The minimum absolute atomic E-state index is 0. The van der Waals surface area contributed by atoms with Crippen LogP contribution in [0.15, 0.2) is 46.8 Å². The third kappa shape index (κ3) is 8.55. The minimum Gasteiger partial charge on any atom is -0.493 e. The van der Waals surface area contributed by atoms with Gasteiger partial charge in [-0.25, -0.2) is 0 Å². The normalized spacial score (nSPS) is 10.9. The zero-order valence-electron chi connectivity index (χ0n) is 14.7. The van der Waals surface area contributed by atoms with E-state index in [1.165, 1.54) is 4.88 Å². The summed E-state index contributed by atoms with van der Waals surface area (Å²) in [6.45, 7) is 2.85. The second-order valence-electron chi connectivity index (χ2n) is 5.20. The summed E-state index contributed by atoms with van der Waals surface area (Å²) in [5.74, 6) is 1.67. The van der Waals surface area contributed by atoms with E-state index in [1.54, 1.807) is 25.5 Å². The zero-order valence-corrected chi connectivity index (χ0v) is 17.8. The lowest BCUT2D eigenvalue weighted by atomic mass is 10.2. The molecule has 0 fully saturated rings. The molecule has 1 aromatic carbocycles. The molecule has 2 N–H and O–H groups in total. The Morgan fingerprint density at radius 1 is 1.12 bits per heavy atom. The van der Waals surface area contributed by atoms with Crippen molar-refractivity contribution in [1.82, 2.24) is 10.6 Å². The van der Waals surface area contributed by atoms with Crippen LogP contribution >= 0.6 is 35.3 Å². The number of nitrogens with zero attached hydrogens (tertiary/aromatic N) is 1. The van der Waals surface area contributed by atoms with Crippen LogP contribution in [0.1, 0.15) is 16.9 Å². The molecule has 7 heteroatoms. The third-order valence-corrected chi connectivity index (χ3v) is 4.23.